The molecule has 0 rings (SSSR count). The molecule has 7 nitrogen and oxygen atoms in total. The second-order valence-electron chi connectivity index (χ2n) is 4.22. The van der Waals surface area contributed by atoms with Crippen LogP contribution in [0.2, 0.25) is 0 Å². The third-order valence-electron chi connectivity index (χ3n) is 1.33. The highest BCUT2D eigenvalue weighted by atomic mass is 16.6. The van der Waals surface area contributed by atoms with Crippen LogP contribution in [0, 0.1) is 0 Å². The molecule has 0 aromatic heterocycles. The maximum atomic E-state index is 11.1. The van der Waals surface area contributed by atoms with Crippen LogP contribution in [0.15, 0.2) is 0 Å². The number of carbonyl (C=O) groups is 3. The maximum absolute atomic E-state index is 11.1. The van der Waals surface area contributed by atoms with Crippen molar-refractivity contribution >= 4 is 18.0 Å². The number of esters is 1. The molecule has 0 radical (unpaired) electrons. The Balaban J connectivity index is 3.61. The molecule has 2 N–H and O–H groups in total. The molecule has 0 aliphatic rings. The van der Waals surface area contributed by atoms with Crippen LogP contribution < -0.4 is 5.32 Å². The SMILES string of the molecule is CC(C)(C)OC(=O)NCCOC(=O)CC(=O)O. The average Bonchev–Trinajstić information content (AvgIpc) is 2.08. The number of ether oxygens (including phenoxy) is 2. The summed E-state index contributed by atoms with van der Waals surface area (Å²) < 4.78 is 9.47. The van der Waals surface area contributed by atoms with Crippen molar-refractivity contribution in [1.82, 2.24) is 5.32 Å². The number of nitrogens with one attached hydrogen (secondary N) is 1. The van der Waals surface area contributed by atoms with Gasteiger partial charge in [-0.2, -0.15) is 0 Å². The predicted octanol–water partition coefficient (Wildman–Crippen LogP) is 0.529. The van der Waals surface area contributed by atoms with Crippen LogP contribution in [0.3, 0.4) is 0 Å². The van der Waals surface area contributed by atoms with Gasteiger partial charge in [0.05, 0.1) is 6.54 Å². The summed E-state index contributed by atoms with van der Waals surface area (Å²) in [6, 6.07) is 0. The Bertz CT molecular complexity index is 294. The lowest BCUT2D eigenvalue weighted by molar-refractivity contribution is -0.151. The second-order valence-corrected chi connectivity index (χ2v) is 4.22. The lowest BCUT2D eigenvalue weighted by Gasteiger charge is -2.19. The van der Waals surface area contributed by atoms with Gasteiger partial charge < -0.3 is 19.9 Å². The zero-order valence-corrected chi connectivity index (χ0v) is 10.1. The third-order valence-corrected chi connectivity index (χ3v) is 1.33. The molecule has 0 bridgehead atoms. The van der Waals surface area contributed by atoms with Gasteiger partial charge in [0.2, 0.25) is 0 Å². The second kappa shape index (κ2) is 6.72. The summed E-state index contributed by atoms with van der Waals surface area (Å²) in [5.41, 5.74) is -0.593. The number of carboxylic acid groups (broad SMARTS) is 1. The van der Waals surface area contributed by atoms with Crippen molar-refractivity contribution in [3.63, 3.8) is 0 Å². The van der Waals surface area contributed by atoms with E-state index in [0.29, 0.717) is 0 Å². The Morgan fingerprint density at radius 2 is 1.82 bits per heavy atom. The van der Waals surface area contributed by atoms with Crippen molar-refractivity contribution in [1.29, 1.82) is 0 Å². The molecule has 0 aliphatic carbocycles. The van der Waals surface area contributed by atoms with E-state index in [0.717, 1.165) is 0 Å². The van der Waals surface area contributed by atoms with E-state index in [2.05, 4.69) is 10.1 Å². The summed E-state index contributed by atoms with van der Waals surface area (Å²) in [7, 11) is 0. The van der Waals surface area contributed by atoms with E-state index in [1.54, 1.807) is 20.8 Å². The van der Waals surface area contributed by atoms with Crippen LogP contribution in [0.1, 0.15) is 27.2 Å². The lowest BCUT2D eigenvalue weighted by Crippen LogP contribution is -2.34. The van der Waals surface area contributed by atoms with Gasteiger partial charge in [-0.3, -0.25) is 9.59 Å². The molecule has 1 amide bonds. The maximum Gasteiger partial charge on any atom is 0.407 e. The summed E-state index contributed by atoms with van der Waals surface area (Å²) in [6.45, 7) is 5.14. The molecule has 0 heterocycles. The minimum absolute atomic E-state index is 0.0697. The van der Waals surface area contributed by atoms with Crippen molar-refractivity contribution in [3.05, 3.63) is 0 Å². The Morgan fingerprint density at radius 1 is 1.24 bits per heavy atom. The van der Waals surface area contributed by atoms with Crippen molar-refractivity contribution in [2.45, 2.75) is 32.8 Å². The van der Waals surface area contributed by atoms with Gasteiger partial charge in [0.1, 0.15) is 18.6 Å². The Hall–Kier alpha value is -1.79. The fourth-order valence-electron chi connectivity index (χ4n) is 0.807. The largest absolute Gasteiger partial charge is 0.481 e. The molecule has 0 spiro atoms. The number of alkyl carbamates (subject to hydrolysis) is 1. The minimum atomic E-state index is -1.25. The molecule has 17 heavy (non-hydrogen) atoms. The van der Waals surface area contributed by atoms with Gasteiger partial charge in [0.25, 0.3) is 0 Å². The monoisotopic (exact) mass is 247 g/mol. The van der Waals surface area contributed by atoms with E-state index in [9.17, 15) is 14.4 Å². The van der Waals surface area contributed by atoms with Crippen molar-refractivity contribution in [2.75, 3.05) is 13.2 Å². The molecule has 0 saturated carbocycles. The summed E-state index contributed by atoms with van der Waals surface area (Å²) >= 11 is 0. The van der Waals surface area contributed by atoms with Crippen LogP contribution in [0.25, 0.3) is 0 Å². The van der Waals surface area contributed by atoms with Gasteiger partial charge in [-0.15, -0.1) is 0 Å². The Morgan fingerprint density at radius 3 is 2.29 bits per heavy atom. The highest BCUT2D eigenvalue weighted by molar-refractivity contribution is 5.90. The van der Waals surface area contributed by atoms with Crippen LogP contribution in [0.5, 0.6) is 0 Å². The molecule has 0 aliphatic heterocycles. The van der Waals surface area contributed by atoms with Gasteiger partial charge in [0, 0.05) is 0 Å². The number of rotatable bonds is 5. The van der Waals surface area contributed by atoms with E-state index in [4.69, 9.17) is 9.84 Å². The van der Waals surface area contributed by atoms with Crippen LogP contribution >= 0.6 is 0 Å². The normalized spacial score (nSPS) is 10.5. The predicted molar refractivity (Wildman–Crippen MR) is 57.4 cm³/mol. The molecule has 0 aromatic rings. The Kier molecular flexibility index (Phi) is 6.01. The summed E-state index contributed by atoms with van der Waals surface area (Å²) in [5.74, 6) is -2.10. The molecule has 0 saturated heterocycles. The van der Waals surface area contributed by atoms with Gasteiger partial charge in [0.15, 0.2) is 0 Å². The first-order valence-electron chi connectivity index (χ1n) is 5.05. The zero-order chi connectivity index (χ0) is 13.5. The molecule has 0 unspecified atom stereocenters. The number of carbonyl (C=O) groups excluding carboxylic acids is 2. The van der Waals surface area contributed by atoms with Crippen molar-refractivity contribution in [3.8, 4) is 0 Å². The summed E-state index contributed by atoms with van der Waals surface area (Å²) in [4.78, 5) is 32.0. The lowest BCUT2D eigenvalue weighted by atomic mass is 10.2. The first-order chi connectivity index (χ1) is 7.70. The third kappa shape index (κ3) is 10.5. The zero-order valence-electron chi connectivity index (χ0n) is 10.1. The van der Waals surface area contributed by atoms with Gasteiger partial charge in [-0.1, -0.05) is 0 Å². The van der Waals surface area contributed by atoms with E-state index >= 15 is 0 Å². The highest BCUT2D eigenvalue weighted by Crippen LogP contribution is 2.05. The molecular weight excluding hydrogens is 230 g/mol. The fraction of sp³-hybridized carbons (Fsp3) is 0.700. The number of amides is 1. The minimum Gasteiger partial charge on any atom is -0.481 e. The topological polar surface area (TPSA) is 102 Å². The van der Waals surface area contributed by atoms with E-state index < -0.39 is 30.1 Å². The van der Waals surface area contributed by atoms with Crippen LogP contribution in [0.4, 0.5) is 4.79 Å². The highest BCUT2D eigenvalue weighted by Gasteiger charge is 2.15. The van der Waals surface area contributed by atoms with Gasteiger partial charge >= 0.3 is 18.0 Å². The molecular formula is C10H17NO6. The first-order valence-corrected chi connectivity index (χ1v) is 5.05. The molecule has 0 aromatic carbocycles. The quantitative estimate of drug-likeness (QED) is 0.417. The molecule has 0 fully saturated rings. The van der Waals surface area contributed by atoms with E-state index in [1.165, 1.54) is 0 Å². The number of carboxylic acids is 1. The van der Waals surface area contributed by atoms with Crippen molar-refractivity contribution < 1.29 is 29.0 Å². The standard InChI is InChI=1S/C10H17NO6/c1-10(2,3)17-9(15)11-4-5-16-8(14)6-7(12)13/h4-6H2,1-3H3,(H,11,15)(H,12,13). The smallest absolute Gasteiger partial charge is 0.407 e. The van der Waals surface area contributed by atoms with Crippen LogP contribution in [-0.2, 0) is 19.1 Å². The Labute approximate surface area is 99.1 Å². The number of aliphatic carboxylic acids is 1. The molecule has 0 atom stereocenters. The molecule has 7 heteroatoms. The van der Waals surface area contributed by atoms with E-state index in [1.807, 2.05) is 0 Å². The number of hydrogen-bond acceptors (Lipinski definition) is 5. The van der Waals surface area contributed by atoms with Gasteiger partial charge in [-0.05, 0) is 20.8 Å². The molecule has 98 valence electrons. The van der Waals surface area contributed by atoms with Crippen molar-refractivity contribution in [2.24, 2.45) is 0 Å². The summed E-state index contributed by atoms with van der Waals surface area (Å²) in [6.07, 6.45) is -1.31. The summed E-state index contributed by atoms with van der Waals surface area (Å²) in [5, 5.41) is 10.6. The van der Waals surface area contributed by atoms with Gasteiger partial charge in [-0.25, -0.2) is 4.79 Å². The fourth-order valence-corrected chi connectivity index (χ4v) is 0.807. The number of hydrogen-bond donors (Lipinski definition) is 2. The van der Waals surface area contributed by atoms with Crippen LogP contribution in [-0.4, -0.2) is 41.9 Å². The first kappa shape index (κ1) is 15.2. The van der Waals surface area contributed by atoms with E-state index in [-0.39, 0.29) is 13.2 Å². The average molecular weight is 247 g/mol.